The summed E-state index contributed by atoms with van der Waals surface area (Å²) < 4.78 is 0. The Labute approximate surface area is 131 Å². The van der Waals surface area contributed by atoms with Gasteiger partial charge in [-0.25, -0.2) is 4.79 Å². The zero-order chi connectivity index (χ0) is 15.5. The molecule has 0 bridgehead atoms. The van der Waals surface area contributed by atoms with Gasteiger partial charge >= 0.3 is 6.03 Å². The van der Waals surface area contributed by atoms with Crippen molar-refractivity contribution < 1.29 is 9.59 Å². The van der Waals surface area contributed by atoms with Crippen molar-refractivity contribution in [2.45, 2.75) is 25.7 Å². The van der Waals surface area contributed by atoms with Gasteiger partial charge < -0.3 is 15.5 Å². The van der Waals surface area contributed by atoms with Gasteiger partial charge in [0.2, 0.25) is 5.91 Å². The van der Waals surface area contributed by atoms with Gasteiger partial charge in [-0.3, -0.25) is 14.7 Å². The third-order valence-electron chi connectivity index (χ3n) is 5.04. The minimum atomic E-state index is -0.297. The van der Waals surface area contributed by atoms with Crippen molar-refractivity contribution in [2.24, 2.45) is 16.8 Å². The van der Waals surface area contributed by atoms with Crippen molar-refractivity contribution in [1.82, 2.24) is 20.4 Å². The molecule has 0 spiro atoms. The number of aliphatic imine (C=N–C) groups is 1. The van der Waals surface area contributed by atoms with Crippen LogP contribution in [0.2, 0.25) is 0 Å². The minimum absolute atomic E-state index is 0.114. The smallest absolute Gasteiger partial charge is 0.324 e. The van der Waals surface area contributed by atoms with Gasteiger partial charge in [0, 0.05) is 33.2 Å². The molecule has 2 N–H and O–H groups in total. The molecule has 22 heavy (non-hydrogen) atoms. The first-order chi connectivity index (χ1) is 10.7. The Balaban J connectivity index is 1.48. The number of guanidine groups is 1. The first-order valence-corrected chi connectivity index (χ1v) is 8.23. The third-order valence-corrected chi connectivity index (χ3v) is 5.04. The number of hydrogen-bond donors (Lipinski definition) is 2. The number of likely N-dealkylation sites (tertiary alicyclic amines) is 1. The second-order valence-electron chi connectivity index (χ2n) is 6.39. The first kappa shape index (κ1) is 15.1. The number of amides is 3. The average Bonchev–Trinajstić information content (AvgIpc) is 3.08. The Morgan fingerprint density at radius 1 is 1.27 bits per heavy atom. The maximum Gasteiger partial charge on any atom is 0.324 e. The van der Waals surface area contributed by atoms with Crippen LogP contribution in [0.4, 0.5) is 4.79 Å². The highest BCUT2D eigenvalue weighted by atomic mass is 16.2. The molecule has 2 unspecified atom stereocenters. The van der Waals surface area contributed by atoms with E-state index in [4.69, 9.17) is 0 Å². The van der Waals surface area contributed by atoms with Crippen LogP contribution in [0.3, 0.4) is 0 Å². The van der Waals surface area contributed by atoms with Crippen LogP contribution in [0.1, 0.15) is 25.7 Å². The molecule has 2 saturated heterocycles. The topological polar surface area (TPSA) is 77.0 Å². The number of nitrogens with zero attached hydrogens (tertiary/aromatic N) is 3. The van der Waals surface area contributed by atoms with Gasteiger partial charge in [-0.2, -0.15) is 0 Å². The van der Waals surface area contributed by atoms with Crippen LogP contribution in [0, 0.1) is 11.8 Å². The summed E-state index contributed by atoms with van der Waals surface area (Å²) in [4.78, 5) is 31.0. The lowest BCUT2D eigenvalue weighted by molar-refractivity contribution is -0.124. The van der Waals surface area contributed by atoms with Gasteiger partial charge in [0.1, 0.15) is 0 Å². The summed E-state index contributed by atoms with van der Waals surface area (Å²) in [7, 11) is 1.79. The van der Waals surface area contributed by atoms with Crippen LogP contribution >= 0.6 is 0 Å². The molecule has 2 heterocycles. The minimum Gasteiger partial charge on any atom is -0.354 e. The van der Waals surface area contributed by atoms with Crippen molar-refractivity contribution in [3.8, 4) is 0 Å². The third kappa shape index (κ3) is 3.03. The second kappa shape index (κ2) is 6.54. The molecule has 1 aliphatic carbocycles. The van der Waals surface area contributed by atoms with Crippen molar-refractivity contribution in [1.29, 1.82) is 0 Å². The monoisotopic (exact) mass is 307 g/mol. The molecule has 2 atom stereocenters. The fraction of sp³-hybridized carbons (Fsp3) is 0.800. The molecule has 0 aromatic heterocycles. The molecule has 7 heteroatoms. The highest BCUT2D eigenvalue weighted by molar-refractivity contribution is 6.01. The highest BCUT2D eigenvalue weighted by Gasteiger charge is 2.35. The van der Waals surface area contributed by atoms with Crippen molar-refractivity contribution in [2.75, 3.05) is 39.8 Å². The summed E-state index contributed by atoms with van der Waals surface area (Å²) in [6.45, 7) is 3.19. The van der Waals surface area contributed by atoms with Crippen molar-refractivity contribution in [3.05, 3.63) is 0 Å². The summed E-state index contributed by atoms with van der Waals surface area (Å²) in [6.07, 6.45) is 5.38. The predicted molar refractivity (Wildman–Crippen MR) is 83.5 cm³/mol. The number of urea groups is 1. The maximum absolute atomic E-state index is 11.5. The average molecular weight is 307 g/mol. The molecule has 1 saturated carbocycles. The van der Waals surface area contributed by atoms with Crippen LogP contribution in [-0.2, 0) is 4.79 Å². The van der Waals surface area contributed by atoms with Crippen LogP contribution in [-0.4, -0.2) is 67.5 Å². The fourth-order valence-electron chi connectivity index (χ4n) is 3.87. The van der Waals surface area contributed by atoms with Crippen molar-refractivity contribution in [3.63, 3.8) is 0 Å². The lowest BCUT2D eigenvalue weighted by atomic mass is 9.82. The number of fused-ring (bicyclic) bond motifs is 1. The Bertz CT molecular complexity index is 449. The number of carbonyl (C=O) groups is 2. The zero-order valence-electron chi connectivity index (χ0n) is 13.2. The summed E-state index contributed by atoms with van der Waals surface area (Å²) >= 11 is 0. The normalized spacial score (nSPS) is 28.9. The molecule has 7 nitrogen and oxygen atoms in total. The van der Waals surface area contributed by atoms with Crippen LogP contribution < -0.4 is 10.6 Å². The van der Waals surface area contributed by atoms with E-state index < -0.39 is 0 Å². The first-order valence-electron chi connectivity index (χ1n) is 8.23. The zero-order valence-corrected chi connectivity index (χ0v) is 13.2. The van der Waals surface area contributed by atoms with Gasteiger partial charge in [0.15, 0.2) is 5.96 Å². The molecule has 3 aliphatic rings. The largest absolute Gasteiger partial charge is 0.354 e. The van der Waals surface area contributed by atoms with E-state index in [-0.39, 0.29) is 18.5 Å². The molecule has 3 amide bonds. The van der Waals surface area contributed by atoms with E-state index in [1.54, 1.807) is 7.05 Å². The molecule has 0 aromatic carbocycles. The molecule has 0 radical (unpaired) electrons. The van der Waals surface area contributed by atoms with Gasteiger partial charge in [-0.05, 0) is 24.7 Å². The molecule has 122 valence electrons. The second-order valence-corrected chi connectivity index (χ2v) is 6.39. The SMILES string of the molecule is CN=C(NCCN1C(=O)CNC1=O)N1CC2CCCCC2C1. The van der Waals surface area contributed by atoms with Crippen LogP contribution in [0.5, 0.6) is 0 Å². The van der Waals surface area contributed by atoms with Gasteiger partial charge in [0.25, 0.3) is 0 Å². The number of hydrogen-bond acceptors (Lipinski definition) is 3. The quantitative estimate of drug-likeness (QED) is 0.445. The number of imide groups is 1. The van der Waals surface area contributed by atoms with Gasteiger partial charge in [0.05, 0.1) is 6.54 Å². The van der Waals surface area contributed by atoms with E-state index in [0.29, 0.717) is 13.1 Å². The molecule has 2 aliphatic heterocycles. The standard InChI is InChI=1S/C15H25N5O2/c1-16-14(17-6-7-20-13(21)8-18-15(20)22)19-9-11-4-2-3-5-12(11)10-19/h11-12H,2-10H2,1H3,(H,16,17)(H,18,22). The van der Waals surface area contributed by atoms with E-state index in [0.717, 1.165) is 30.9 Å². The van der Waals surface area contributed by atoms with E-state index in [2.05, 4.69) is 20.5 Å². The van der Waals surface area contributed by atoms with E-state index >= 15 is 0 Å². The Kier molecular flexibility index (Phi) is 4.49. The number of nitrogens with one attached hydrogen (secondary N) is 2. The molecule has 3 rings (SSSR count). The van der Waals surface area contributed by atoms with E-state index in [1.807, 2.05) is 0 Å². The summed E-state index contributed by atoms with van der Waals surface area (Å²) in [5.41, 5.74) is 0. The van der Waals surface area contributed by atoms with Crippen LogP contribution in [0.15, 0.2) is 4.99 Å². The lowest BCUT2D eigenvalue weighted by Gasteiger charge is -2.22. The molecule has 0 aromatic rings. The van der Waals surface area contributed by atoms with Gasteiger partial charge in [-0.15, -0.1) is 0 Å². The van der Waals surface area contributed by atoms with E-state index in [9.17, 15) is 9.59 Å². The van der Waals surface area contributed by atoms with Crippen molar-refractivity contribution >= 4 is 17.9 Å². The Morgan fingerprint density at radius 2 is 1.95 bits per heavy atom. The Hall–Kier alpha value is -1.79. The van der Waals surface area contributed by atoms with Crippen LogP contribution in [0.25, 0.3) is 0 Å². The number of carbonyl (C=O) groups excluding carboxylic acids is 2. The molecular formula is C15H25N5O2. The Morgan fingerprint density at radius 3 is 2.50 bits per heavy atom. The van der Waals surface area contributed by atoms with E-state index in [1.165, 1.54) is 30.6 Å². The summed E-state index contributed by atoms with van der Waals surface area (Å²) in [6, 6.07) is -0.297. The molecular weight excluding hydrogens is 282 g/mol. The summed E-state index contributed by atoms with van der Waals surface area (Å²) in [5, 5.41) is 5.82. The fourth-order valence-corrected chi connectivity index (χ4v) is 3.87. The summed E-state index contributed by atoms with van der Waals surface area (Å²) in [5.74, 6) is 2.34. The predicted octanol–water partition coefficient (Wildman–Crippen LogP) is 0.236. The number of rotatable bonds is 3. The highest BCUT2D eigenvalue weighted by Crippen LogP contribution is 2.35. The maximum atomic E-state index is 11.5. The van der Waals surface area contributed by atoms with Gasteiger partial charge in [-0.1, -0.05) is 12.8 Å². The lowest BCUT2D eigenvalue weighted by Crippen LogP contribution is -2.44. The molecule has 3 fully saturated rings.